The van der Waals surface area contributed by atoms with Crippen LogP contribution in [0.2, 0.25) is 0 Å². The number of nitrogens with zero attached hydrogens (tertiary/aromatic N) is 1. The van der Waals surface area contributed by atoms with Crippen molar-refractivity contribution in [2.75, 3.05) is 11.9 Å². The summed E-state index contributed by atoms with van der Waals surface area (Å²) in [7, 11) is 0. The lowest BCUT2D eigenvalue weighted by Gasteiger charge is -2.39. The minimum absolute atomic E-state index is 0.000127. The van der Waals surface area contributed by atoms with Crippen LogP contribution in [-0.2, 0) is 25.7 Å². The van der Waals surface area contributed by atoms with Crippen LogP contribution in [0.5, 0.6) is 0 Å². The second kappa shape index (κ2) is 13.2. The van der Waals surface area contributed by atoms with Gasteiger partial charge in [-0.15, -0.1) is 0 Å². The number of nitrogens with one attached hydrogen (secondary N) is 4. The number of benzene rings is 1. The van der Waals surface area contributed by atoms with Crippen molar-refractivity contribution in [2.45, 2.75) is 85.4 Å². The molecule has 4 amide bonds. The van der Waals surface area contributed by atoms with E-state index in [4.69, 9.17) is 4.42 Å². The molecule has 0 aliphatic heterocycles. The van der Waals surface area contributed by atoms with Gasteiger partial charge in [0, 0.05) is 36.2 Å². The second-order valence-electron chi connectivity index (χ2n) is 13.5. The Morgan fingerprint density at radius 1 is 1.06 bits per heavy atom. The molecule has 1 aromatic carbocycles. The summed E-state index contributed by atoms with van der Waals surface area (Å²) in [6, 6.07) is 8.76. The van der Waals surface area contributed by atoms with E-state index in [0.29, 0.717) is 17.1 Å². The average molecular weight is 646 g/mol. The zero-order chi connectivity index (χ0) is 34.1. The molecule has 2 bridgehead atoms. The van der Waals surface area contributed by atoms with Gasteiger partial charge in [0.05, 0.1) is 0 Å². The van der Waals surface area contributed by atoms with Gasteiger partial charge in [-0.25, -0.2) is 0 Å². The third-order valence-electron chi connectivity index (χ3n) is 10.6. The molecule has 2 aliphatic rings. The zero-order valence-electron chi connectivity index (χ0n) is 27.5. The van der Waals surface area contributed by atoms with Crippen LogP contribution in [0.3, 0.4) is 0 Å². The quantitative estimate of drug-likeness (QED) is 0.219. The molecule has 5 rings (SSSR count). The number of furan rings is 1. The highest BCUT2D eigenvalue weighted by molar-refractivity contribution is 6.36. The summed E-state index contributed by atoms with van der Waals surface area (Å²) >= 11 is 0. The van der Waals surface area contributed by atoms with E-state index in [1.807, 2.05) is 6.07 Å². The van der Waals surface area contributed by atoms with Crippen molar-refractivity contribution < 1.29 is 28.4 Å². The summed E-state index contributed by atoms with van der Waals surface area (Å²) in [6.45, 7) is 10.2. The van der Waals surface area contributed by atoms with Crippen LogP contribution in [0, 0.1) is 23.7 Å². The van der Waals surface area contributed by atoms with Gasteiger partial charge >= 0.3 is 0 Å². The van der Waals surface area contributed by atoms with Gasteiger partial charge < -0.3 is 30.3 Å². The largest absolute Gasteiger partial charge is 0.451 e. The first-order chi connectivity index (χ1) is 22.3. The highest BCUT2D eigenvalue weighted by atomic mass is 16.3. The molecule has 0 saturated heterocycles. The SMILES string of the molecule is CCNC(=O)C(=O)CC[C@H](NC(=O)c1oc2ccccc2c1C)C(=O)Nc1cccn(CC(=O)N[C@H]2C[C@H]3CC[C@]2(C)C3(C)C)c1=O. The fraction of sp³-hybridized carbons (Fsp3) is 0.486. The van der Waals surface area contributed by atoms with E-state index in [2.05, 4.69) is 42.0 Å². The Labute approximate surface area is 273 Å². The Kier molecular flexibility index (Phi) is 9.42. The zero-order valence-corrected chi connectivity index (χ0v) is 27.5. The number of amides is 4. The molecule has 4 N–H and O–H groups in total. The smallest absolute Gasteiger partial charge is 0.287 e. The Morgan fingerprint density at radius 3 is 2.47 bits per heavy atom. The molecular weight excluding hydrogens is 602 g/mol. The summed E-state index contributed by atoms with van der Waals surface area (Å²) in [6.07, 6.45) is 4.02. The Hall–Kier alpha value is -4.74. The van der Waals surface area contributed by atoms with Crippen molar-refractivity contribution in [3.63, 3.8) is 0 Å². The first-order valence-electron chi connectivity index (χ1n) is 16.2. The van der Waals surface area contributed by atoms with E-state index in [9.17, 15) is 28.8 Å². The van der Waals surface area contributed by atoms with E-state index in [0.717, 1.165) is 24.6 Å². The molecule has 2 fully saturated rings. The van der Waals surface area contributed by atoms with Gasteiger partial charge in [-0.1, -0.05) is 39.0 Å². The van der Waals surface area contributed by atoms with Gasteiger partial charge in [0.1, 0.15) is 23.9 Å². The standard InChI is InChI=1S/C35H43N5O7/c1-6-36-31(44)25(41)14-13-23(37-32(45)29-20(2)22-10-7-8-12-26(22)47-29)30(43)38-24-11-9-17-40(33(24)46)19-28(42)39-27-18-21-15-16-35(27,5)34(21,3)4/h7-12,17,21,23,27H,6,13-16,18-19H2,1-5H3,(H,36,44)(H,37,45)(H,38,43)(H,39,42)/t21-,23+,27+,35+/m1/s1. The van der Waals surface area contributed by atoms with E-state index < -0.39 is 35.1 Å². The Morgan fingerprint density at radius 2 is 1.81 bits per heavy atom. The fourth-order valence-electron chi connectivity index (χ4n) is 7.32. The molecule has 250 valence electrons. The fourth-order valence-corrected chi connectivity index (χ4v) is 7.32. The first-order valence-corrected chi connectivity index (χ1v) is 16.2. The molecular formula is C35H43N5O7. The number of fused-ring (bicyclic) bond motifs is 3. The number of hydrogen-bond acceptors (Lipinski definition) is 7. The molecule has 2 saturated carbocycles. The summed E-state index contributed by atoms with van der Waals surface area (Å²) in [4.78, 5) is 77.8. The van der Waals surface area contributed by atoms with Gasteiger partial charge in [0.15, 0.2) is 5.76 Å². The maximum atomic E-state index is 13.5. The third-order valence-corrected chi connectivity index (χ3v) is 10.6. The molecule has 2 aromatic heterocycles. The number of para-hydroxylation sites is 1. The van der Waals surface area contributed by atoms with E-state index in [-0.39, 0.29) is 60.2 Å². The minimum Gasteiger partial charge on any atom is -0.451 e. The lowest BCUT2D eigenvalue weighted by atomic mass is 9.69. The van der Waals surface area contributed by atoms with Crippen LogP contribution < -0.4 is 26.8 Å². The van der Waals surface area contributed by atoms with Crippen molar-refractivity contribution in [1.29, 1.82) is 0 Å². The molecule has 0 radical (unpaired) electrons. The molecule has 3 aromatic rings. The van der Waals surface area contributed by atoms with Crippen LogP contribution in [0.25, 0.3) is 11.0 Å². The highest BCUT2D eigenvalue weighted by Crippen LogP contribution is 2.65. The van der Waals surface area contributed by atoms with Gasteiger partial charge in [0.25, 0.3) is 17.4 Å². The lowest BCUT2D eigenvalue weighted by molar-refractivity contribution is -0.138. The normalized spacial score (nSPS) is 21.6. The molecule has 4 atom stereocenters. The minimum atomic E-state index is -1.30. The number of carbonyl (C=O) groups is 5. The number of anilines is 1. The number of Topliss-reactive ketones (excluding diaryl/α,β-unsaturated/α-hetero) is 1. The number of rotatable bonds is 12. The van der Waals surface area contributed by atoms with E-state index >= 15 is 0 Å². The maximum Gasteiger partial charge on any atom is 0.287 e. The van der Waals surface area contributed by atoms with E-state index in [1.54, 1.807) is 32.0 Å². The van der Waals surface area contributed by atoms with Crippen molar-refractivity contribution in [2.24, 2.45) is 16.7 Å². The van der Waals surface area contributed by atoms with Gasteiger partial charge in [-0.05, 0) is 74.5 Å². The number of aryl methyl sites for hydroxylation is 1. The first kappa shape index (κ1) is 33.6. The van der Waals surface area contributed by atoms with E-state index in [1.165, 1.54) is 22.9 Å². The summed E-state index contributed by atoms with van der Waals surface area (Å²) in [5.41, 5.74) is 0.454. The summed E-state index contributed by atoms with van der Waals surface area (Å²) < 4.78 is 6.96. The highest BCUT2D eigenvalue weighted by Gasteiger charge is 2.61. The van der Waals surface area contributed by atoms with Crippen molar-refractivity contribution in [1.82, 2.24) is 20.5 Å². The molecule has 2 aliphatic carbocycles. The van der Waals surface area contributed by atoms with Crippen LogP contribution in [0.15, 0.2) is 51.8 Å². The van der Waals surface area contributed by atoms with Gasteiger partial charge in [-0.3, -0.25) is 28.8 Å². The topological polar surface area (TPSA) is 169 Å². The number of pyridine rings is 1. The summed E-state index contributed by atoms with van der Waals surface area (Å²) in [5, 5.41) is 11.5. The van der Waals surface area contributed by atoms with Crippen LogP contribution in [0.4, 0.5) is 5.69 Å². The molecule has 0 spiro atoms. The Balaban J connectivity index is 1.30. The van der Waals surface area contributed by atoms with Crippen molar-refractivity contribution in [3.8, 4) is 0 Å². The van der Waals surface area contributed by atoms with Crippen LogP contribution in [-0.4, -0.2) is 52.6 Å². The number of likely N-dealkylation sites (N-methyl/N-ethyl adjacent to an activating group) is 1. The number of aromatic nitrogens is 1. The molecule has 12 heteroatoms. The van der Waals surface area contributed by atoms with Crippen molar-refractivity contribution in [3.05, 3.63) is 64.3 Å². The van der Waals surface area contributed by atoms with Crippen molar-refractivity contribution >= 4 is 46.1 Å². The number of ketones is 1. The molecule has 12 nitrogen and oxygen atoms in total. The maximum absolute atomic E-state index is 13.5. The summed E-state index contributed by atoms with van der Waals surface area (Å²) in [5.74, 6) is -2.76. The second-order valence-corrected chi connectivity index (χ2v) is 13.5. The predicted molar refractivity (Wildman–Crippen MR) is 176 cm³/mol. The van der Waals surface area contributed by atoms with Gasteiger partial charge in [0.2, 0.25) is 17.6 Å². The Bertz CT molecular complexity index is 1790. The molecule has 47 heavy (non-hydrogen) atoms. The number of carbonyl (C=O) groups excluding carboxylic acids is 5. The third kappa shape index (κ3) is 6.45. The number of hydrogen-bond donors (Lipinski definition) is 4. The lowest BCUT2D eigenvalue weighted by Crippen LogP contribution is -2.48. The molecule has 0 unspecified atom stereocenters. The predicted octanol–water partition coefficient (Wildman–Crippen LogP) is 3.46. The average Bonchev–Trinajstić information content (AvgIpc) is 3.55. The van der Waals surface area contributed by atoms with Crippen LogP contribution >= 0.6 is 0 Å². The monoisotopic (exact) mass is 645 g/mol. The van der Waals surface area contributed by atoms with Crippen LogP contribution in [0.1, 0.15) is 75.9 Å². The van der Waals surface area contributed by atoms with Gasteiger partial charge in [-0.2, -0.15) is 0 Å². The molecule has 2 heterocycles.